The predicted molar refractivity (Wildman–Crippen MR) is 128 cm³/mol. The maximum Gasteiger partial charge on any atom is 0.191 e. The summed E-state index contributed by atoms with van der Waals surface area (Å²) in [4.78, 5) is 4.73. The predicted octanol–water partition coefficient (Wildman–Crippen LogP) is 5.70. The van der Waals surface area contributed by atoms with Crippen LogP contribution in [0.15, 0.2) is 59.1 Å². The van der Waals surface area contributed by atoms with E-state index in [1.807, 2.05) is 18.2 Å². The van der Waals surface area contributed by atoms with E-state index in [1.165, 1.54) is 11.1 Å². The molecule has 4 aromatic rings. The van der Waals surface area contributed by atoms with Crippen molar-refractivity contribution in [3.8, 4) is 11.4 Å². The zero-order chi connectivity index (χ0) is 21.6. The van der Waals surface area contributed by atoms with Crippen LogP contribution in [0.1, 0.15) is 16.8 Å². The minimum absolute atomic E-state index is 0.603. The summed E-state index contributed by atoms with van der Waals surface area (Å²) in [5, 5.41) is 16.2. The Morgan fingerprint density at radius 3 is 2.77 bits per heavy atom. The quantitative estimate of drug-likeness (QED) is 0.329. The molecule has 2 aromatic carbocycles. The van der Waals surface area contributed by atoms with Crippen molar-refractivity contribution in [2.75, 3.05) is 19.0 Å². The number of aryl methyl sites for hydroxylation is 2. The van der Waals surface area contributed by atoms with Gasteiger partial charge in [-0.3, -0.25) is 4.57 Å². The average Bonchev–Trinajstić information content (AvgIpc) is 3.39. The lowest BCUT2D eigenvalue weighted by molar-refractivity contribution is 0.185. The van der Waals surface area contributed by atoms with Gasteiger partial charge in [-0.2, -0.15) is 0 Å². The summed E-state index contributed by atoms with van der Waals surface area (Å²) in [6.07, 6.45) is 0. The Kier molecular flexibility index (Phi) is 7.01. The number of rotatable bonds is 9. The molecule has 0 aliphatic rings. The smallest absolute Gasteiger partial charge is 0.191 e. The first kappa shape index (κ1) is 21.5. The summed E-state index contributed by atoms with van der Waals surface area (Å²) in [5.74, 6) is 1.59. The van der Waals surface area contributed by atoms with Crippen molar-refractivity contribution < 1.29 is 4.74 Å². The third-order valence-corrected chi connectivity index (χ3v) is 6.61. The van der Waals surface area contributed by atoms with Crippen LogP contribution >= 0.6 is 23.1 Å². The van der Waals surface area contributed by atoms with E-state index in [4.69, 9.17) is 9.72 Å². The lowest BCUT2D eigenvalue weighted by Gasteiger charge is -2.10. The lowest BCUT2D eigenvalue weighted by Crippen LogP contribution is -2.07. The van der Waals surface area contributed by atoms with E-state index in [-0.39, 0.29) is 0 Å². The second-order valence-corrected chi connectivity index (χ2v) is 8.99. The number of para-hydroxylation sites is 1. The molecule has 0 radical (unpaired) electrons. The van der Waals surface area contributed by atoms with Gasteiger partial charge in [-0.25, -0.2) is 4.98 Å². The molecule has 1 N–H and O–H groups in total. The Balaban J connectivity index is 1.48. The number of ether oxygens (including phenoxy) is 1. The van der Waals surface area contributed by atoms with E-state index in [2.05, 4.69) is 69.6 Å². The number of hydrogen-bond donors (Lipinski definition) is 1. The largest absolute Gasteiger partial charge is 0.383 e. The number of aromatic nitrogens is 4. The first-order valence-corrected chi connectivity index (χ1v) is 11.9. The van der Waals surface area contributed by atoms with Crippen molar-refractivity contribution in [2.24, 2.45) is 0 Å². The van der Waals surface area contributed by atoms with E-state index >= 15 is 0 Å². The van der Waals surface area contributed by atoms with Crippen LogP contribution in [0.2, 0.25) is 0 Å². The topological polar surface area (TPSA) is 64.9 Å². The fourth-order valence-corrected chi connectivity index (χ4v) is 4.86. The summed E-state index contributed by atoms with van der Waals surface area (Å²) < 4.78 is 7.44. The minimum atomic E-state index is 0.603. The highest BCUT2D eigenvalue weighted by Gasteiger charge is 2.15. The molecule has 0 saturated carbocycles. The van der Waals surface area contributed by atoms with E-state index in [1.54, 1.807) is 30.2 Å². The van der Waals surface area contributed by atoms with Gasteiger partial charge in [0.1, 0.15) is 0 Å². The maximum atomic E-state index is 5.31. The van der Waals surface area contributed by atoms with Crippen LogP contribution in [0.4, 0.5) is 10.8 Å². The van der Waals surface area contributed by atoms with Gasteiger partial charge in [0.05, 0.1) is 18.8 Å². The molecular weight excluding hydrogens is 426 g/mol. The normalized spacial score (nSPS) is 11.1. The van der Waals surface area contributed by atoms with Gasteiger partial charge in [0.25, 0.3) is 0 Å². The molecule has 2 aromatic heterocycles. The molecule has 0 saturated heterocycles. The van der Waals surface area contributed by atoms with Gasteiger partial charge in [-0.05, 0) is 31.5 Å². The van der Waals surface area contributed by atoms with Gasteiger partial charge in [0.2, 0.25) is 0 Å². The summed E-state index contributed by atoms with van der Waals surface area (Å²) >= 11 is 3.25. The molecule has 0 spiro atoms. The van der Waals surface area contributed by atoms with Crippen molar-refractivity contribution in [3.05, 3.63) is 70.7 Å². The van der Waals surface area contributed by atoms with Crippen LogP contribution in [0.3, 0.4) is 0 Å². The molecule has 4 rings (SSSR count). The number of methoxy groups -OCH3 is 1. The standard InChI is InChI=1S/C23H25N5OS2/c1-16-7-6-9-18(13-16)21-26-27-23(28(21)11-12-29-3)31-15-19-14-30-22(24-19)25-20-10-5-4-8-17(20)2/h4-10,13-14H,11-12,15H2,1-3H3,(H,24,25). The second kappa shape index (κ2) is 10.1. The van der Waals surface area contributed by atoms with Crippen LogP contribution in [0.5, 0.6) is 0 Å². The molecule has 2 heterocycles. The van der Waals surface area contributed by atoms with Crippen molar-refractivity contribution in [3.63, 3.8) is 0 Å². The number of hydrogen-bond acceptors (Lipinski definition) is 7. The summed E-state index contributed by atoms with van der Waals surface area (Å²) in [5.41, 5.74) is 5.56. The average molecular weight is 452 g/mol. The monoisotopic (exact) mass is 451 g/mol. The first-order valence-electron chi connectivity index (χ1n) is 10.0. The fourth-order valence-electron chi connectivity index (χ4n) is 3.17. The van der Waals surface area contributed by atoms with Crippen molar-refractivity contribution in [2.45, 2.75) is 31.3 Å². The van der Waals surface area contributed by atoms with Gasteiger partial charge in [0.15, 0.2) is 16.1 Å². The number of benzene rings is 2. The molecule has 0 aliphatic heterocycles. The fraction of sp³-hybridized carbons (Fsp3) is 0.261. The van der Waals surface area contributed by atoms with E-state index in [0.717, 1.165) is 38.8 Å². The first-order chi connectivity index (χ1) is 15.1. The third kappa shape index (κ3) is 5.33. The van der Waals surface area contributed by atoms with Crippen LogP contribution in [-0.2, 0) is 17.0 Å². The number of nitrogens with one attached hydrogen (secondary N) is 1. The molecule has 8 heteroatoms. The SMILES string of the molecule is COCCn1c(SCc2csc(Nc3ccccc3C)n2)nnc1-c1cccc(C)c1. The van der Waals surface area contributed by atoms with E-state index in [0.29, 0.717) is 13.2 Å². The van der Waals surface area contributed by atoms with Gasteiger partial charge in [-0.15, -0.1) is 21.5 Å². The van der Waals surface area contributed by atoms with Crippen molar-refractivity contribution in [1.82, 2.24) is 19.7 Å². The van der Waals surface area contributed by atoms with Crippen molar-refractivity contribution in [1.29, 1.82) is 0 Å². The molecule has 0 bridgehead atoms. The molecule has 0 fully saturated rings. The van der Waals surface area contributed by atoms with E-state index in [9.17, 15) is 0 Å². The Morgan fingerprint density at radius 1 is 1.10 bits per heavy atom. The Bertz CT molecular complexity index is 1150. The number of nitrogens with zero attached hydrogens (tertiary/aromatic N) is 4. The maximum absolute atomic E-state index is 5.31. The zero-order valence-electron chi connectivity index (χ0n) is 17.8. The minimum Gasteiger partial charge on any atom is -0.383 e. The van der Waals surface area contributed by atoms with Crippen LogP contribution in [-0.4, -0.2) is 33.5 Å². The van der Waals surface area contributed by atoms with E-state index < -0.39 is 0 Å². The molecular formula is C23H25N5OS2. The molecule has 6 nitrogen and oxygen atoms in total. The Morgan fingerprint density at radius 2 is 1.97 bits per heavy atom. The van der Waals surface area contributed by atoms with Crippen LogP contribution in [0.25, 0.3) is 11.4 Å². The molecule has 0 amide bonds. The molecule has 160 valence electrons. The summed E-state index contributed by atoms with van der Waals surface area (Å²) in [6, 6.07) is 16.5. The number of thiazole rings is 1. The molecule has 0 atom stereocenters. The van der Waals surface area contributed by atoms with Gasteiger partial charge < -0.3 is 10.1 Å². The number of thioether (sulfide) groups is 1. The summed E-state index contributed by atoms with van der Waals surface area (Å²) in [6.45, 7) is 5.48. The highest BCUT2D eigenvalue weighted by atomic mass is 32.2. The summed E-state index contributed by atoms with van der Waals surface area (Å²) in [7, 11) is 1.71. The molecule has 0 aliphatic carbocycles. The third-order valence-electron chi connectivity index (χ3n) is 4.80. The van der Waals surface area contributed by atoms with Gasteiger partial charge in [0, 0.05) is 29.5 Å². The van der Waals surface area contributed by atoms with Crippen LogP contribution in [0, 0.1) is 13.8 Å². The Labute approximate surface area is 190 Å². The molecule has 0 unspecified atom stereocenters. The molecule has 31 heavy (non-hydrogen) atoms. The Hall–Kier alpha value is -2.68. The second-order valence-electron chi connectivity index (χ2n) is 7.19. The highest BCUT2D eigenvalue weighted by Crippen LogP contribution is 2.29. The van der Waals surface area contributed by atoms with Crippen LogP contribution < -0.4 is 5.32 Å². The number of anilines is 2. The zero-order valence-corrected chi connectivity index (χ0v) is 19.5. The van der Waals surface area contributed by atoms with Gasteiger partial charge >= 0.3 is 0 Å². The van der Waals surface area contributed by atoms with Gasteiger partial charge in [-0.1, -0.05) is 53.7 Å². The lowest BCUT2D eigenvalue weighted by atomic mass is 10.1. The van der Waals surface area contributed by atoms with Crippen molar-refractivity contribution >= 4 is 33.9 Å². The highest BCUT2D eigenvalue weighted by molar-refractivity contribution is 7.98.